The van der Waals surface area contributed by atoms with Gasteiger partial charge in [0.25, 0.3) is 0 Å². The lowest BCUT2D eigenvalue weighted by molar-refractivity contribution is -0.149. The highest BCUT2D eigenvalue weighted by molar-refractivity contribution is 5.84. The van der Waals surface area contributed by atoms with Crippen LogP contribution in [0.4, 0.5) is 4.79 Å². The number of nitrogens with one attached hydrogen (secondary N) is 2. The Labute approximate surface area is 140 Å². The second-order valence-corrected chi connectivity index (χ2v) is 6.09. The number of carbonyl (C=O) groups excluding carboxylic acids is 3. The fourth-order valence-corrected chi connectivity index (χ4v) is 1.67. The lowest BCUT2D eigenvalue weighted by Crippen LogP contribution is -2.51. The molecule has 1 aromatic carbocycles. The van der Waals surface area contributed by atoms with Crippen LogP contribution in [0.2, 0.25) is 0 Å². The molecule has 0 aromatic heterocycles. The predicted octanol–water partition coefficient (Wildman–Crippen LogP) is 1.00. The Morgan fingerprint density at radius 3 is 2.33 bits per heavy atom. The SMILES string of the molecule is CC(C)(C)OC(=O)NN[C@@H](CC(N)=O)C(=O)OCc1ccccc1. The van der Waals surface area contributed by atoms with Crippen LogP contribution in [0.15, 0.2) is 30.3 Å². The van der Waals surface area contributed by atoms with E-state index in [4.69, 9.17) is 15.2 Å². The van der Waals surface area contributed by atoms with Crippen molar-refractivity contribution in [3.63, 3.8) is 0 Å². The molecule has 4 N–H and O–H groups in total. The number of rotatable bonds is 7. The molecular formula is C16H23N3O5. The van der Waals surface area contributed by atoms with E-state index in [1.54, 1.807) is 32.9 Å². The number of primary amides is 1. The summed E-state index contributed by atoms with van der Waals surface area (Å²) >= 11 is 0. The molecule has 0 fully saturated rings. The van der Waals surface area contributed by atoms with Crippen LogP contribution in [0.25, 0.3) is 0 Å². The number of nitrogens with two attached hydrogens (primary N) is 1. The second-order valence-electron chi connectivity index (χ2n) is 6.09. The fourth-order valence-electron chi connectivity index (χ4n) is 1.67. The highest BCUT2D eigenvalue weighted by Crippen LogP contribution is 2.06. The first-order valence-electron chi connectivity index (χ1n) is 7.41. The smallest absolute Gasteiger partial charge is 0.422 e. The summed E-state index contributed by atoms with van der Waals surface area (Å²) in [5, 5.41) is 0. The molecule has 1 atom stereocenters. The van der Waals surface area contributed by atoms with E-state index in [-0.39, 0.29) is 13.0 Å². The van der Waals surface area contributed by atoms with Gasteiger partial charge in [-0.05, 0) is 26.3 Å². The summed E-state index contributed by atoms with van der Waals surface area (Å²) in [6.07, 6.45) is -1.11. The van der Waals surface area contributed by atoms with Crippen LogP contribution in [0, 0.1) is 0 Å². The Hall–Kier alpha value is -2.61. The molecule has 8 heteroatoms. The van der Waals surface area contributed by atoms with Crippen LogP contribution in [-0.2, 0) is 25.7 Å². The summed E-state index contributed by atoms with van der Waals surface area (Å²) in [4.78, 5) is 34.7. The van der Waals surface area contributed by atoms with Gasteiger partial charge in [-0.1, -0.05) is 30.3 Å². The van der Waals surface area contributed by atoms with E-state index in [9.17, 15) is 14.4 Å². The van der Waals surface area contributed by atoms with Gasteiger partial charge in [0.15, 0.2) is 0 Å². The van der Waals surface area contributed by atoms with Gasteiger partial charge < -0.3 is 15.2 Å². The van der Waals surface area contributed by atoms with Crippen molar-refractivity contribution in [3.05, 3.63) is 35.9 Å². The van der Waals surface area contributed by atoms with E-state index >= 15 is 0 Å². The van der Waals surface area contributed by atoms with Crippen molar-refractivity contribution in [1.29, 1.82) is 0 Å². The zero-order chi connectivity index (χ0) is 18.2. The third-order valence-electron chi connectivity index (χ3n) is 2.66. The predicted molar refractivity (Wildman–Crippen MR) is 86.3 cm³/mol. The molecule has 0 saturated heterocycles. The first kappa shape index (κ1) is 19.4. The maximum absolute atomic E-state index is 12.1. The van der Waals surface area contributed by atoms with Crippen molar-refractivity contribution in [1.82, 2.24) is 10.9 Å². The van der Waals surface area contributed by atoms with E-state index in [1.807, 2.05) is 18.2 Å². The molecule has 0 saturated carbocycles. The number of hydrazine groups is 1. The Morgan fingerprint density at radius 2 is 1.79 bits per heavy atom. The molecule has 0 unspecified atom stereocenters. The lowest BCUT2D eigenvalue weighted by Gasteiger charge is -2.21. The van der Waals surface area contributed by atoms with Crippen molar-refractivity contribution >= 4 is 18.0 Å². The van der Waals surface area contributed by atoms with Gasteiger partial charge in [0.2, 0.25) is 5.91 Å². The molecule has 2 amide bonds. The van der Waals surface area contributed by atoms with Crippen molar-refractivity contribution in [2.24, 2.45) is 5.73 Å². The molecule has 0 bridgehead atoms. The van der Waals surface area contributed by atoms with Gasteiger partial charge in [-0.2, -0.15) is 0 Å². The molecule has 1 rings (SSSR count). The third kappa shape index (κ3) is 8.14. The van der Waals surface area contributed by atoms with E-state index in [0.29, 0.717) is 0 Å². The van der Waals surface area contributed by atoms with Crippen molar-refractivity contribution in [2.45, 2.75) is 45.4 Å². The molecular weight excluding hydrogens is 314 g/mol. The molecule has 0 aliphatic rings. The molecule has 0 radical (unpaired) electrons. The number of carbonyl (C=O) groups is 3. The highest BCUT2D eigenvalue weighted by atomic mass is 16.6. The average Bonchev–Trinajstić information content (AvgIpc) is 2.48. The maximum atomic E-state index is 12.1. The summed E-state index contributed by atoms with van der Waals surface area (Å²) in [6, 6.07) is 7.94. The third-order valence-corrected chi connectivity index (χ3v) is 2.66. The van der Waals surface area contributed by atoms with Crippen LogP contribution < -0.4 is 16.6 Å². The molecule has 24 heavy (non-hydrogen) atoms. The Bertz CT molecular complexity index is 569. The van der Waals surface area contributed by atoms with Crippen LogP contribution in [0.3, 0.4) is 0 Å². The van der Waals surface area contributed by atoms with E-state index in [1.165, 1.54) is 0 Å². The average molecular weight is 337 g/mol. The normalized spacial score (nSPS) is 12.1. The number of esters is 1. The van der Waals surface area contributed by atoms with Crippen LogP contribution in [-0.4, -0.2) is 29.6 Å². The number of ether oxygens (including phenoxy) is 2. The van der Waals surface area contributed by atoms with Crippen LogP contribution in [0.5, 0.6) is 0 Å². The zero-order valence-corrected chi connectivity index (χ0v) is 14.0. The van der Waals surface area contributed by atoms with Gasteiger partial charge in [-0.25, -0.2) is 10.2 Å². The number of benzene rings is 1. The Morgan fingerprint density at radius 1 is 1.17 bits per heavy atom. The summed E-state index contributed by atoms with van der Waals surface area (Å²) in [5.41, 5.74) is 9.83. The van der Waals surface area contributed by atoms with Crippen LogP contribution in [0.1, 0.15) is 32.8 Å². The molecule has 1 aromatic rings. The first-order chi connectivity index (χ1) is 11.2. The molecule has 0 aliphatic carbocycles. The van der Waals surface area contributed by atoms with Gasteiger partial charge in [-0.3, -0.25) is 15.0 Å². The van der Waals surface area contributed by atoms with E-state index < -0.39 is 29.6 Å². The summed E-state index contributed by atoms with van der Waals surface area (Å²) in [6.45, 7) is 5.13. The molecule has 0 aliphatic heterocycles. The minimum absolute atomic E-state index is 0.0447. The van der Waals surface area contributed by atoms with Gasteiger partial charge >= 0.3 is 12.1 Å². The quantitative estimate of drug-likeness (QED) is 0.504. The van der Waals surface area contributed by atoms with Crippen molar-refractivity contribution < 1.29 is 23.9 Å². The highest BCUT2D eigenvalue weighted by Gasteiger charge is 2.24. The molecule has 0 spiro atoms. The Kier molecular flexibility index (Phi) is 7.19. The van der Waals surface area contributed by atoms with E-state index in [2.05, 4.69) is 10.9 Å². The Balaban J connectivity index is 2.55. The second kappa shape index (κ2) is 8.88. The van der Waals surface area contributed by atoms with Gasteiger partial charge in [0.1, 0.15) is 18.2 Å². The number of amides is 2. The fraction of sp³-hybridized carbons (Fsp3) is 0.438. The largest absolute Gasteiger partial charge is 0.460 e. The molecule has 0 heterocycles. The standard InChI is InChI=1S/C16H23N3O5/c1-16(2,3)24-15(22)19-18-12(9-13(17)20)14(21)23-10-11-7-5-4-6-8-11/h4-8,12,18H,9-10H2,1-3H3,(H2,17,20)(H,19,22)/t12-/m0/s1. The van der Waals surface area contributed by atoms with Crippen molar-refractivity contribution in [2.75, 3.05) is 0 Å². The summed E-state index contributed by atoms with van der Waals surface area (Å²) in [5.74, 6) is -1.43. The van der Waals surface area contributed by atoms with Gasteiger partial charge in [0, 0.05) is 0 Å². The van der Waals surface area contributed by atoms with E-state index in [0.717, 1.165) is 5.56 Å². The van der Waals surface area contributed by atoms with Gasteiger partial charge in [-0.15, -0.1) is 0 Å². The lowest BCUT2D eigenvalue weighted by atomic mass is 10.2. The monoisotopic (exact) mass is 337 g/mol. The molecule has 8 nitrogen and oxygen atoms in total. The summed E-state index contributed by atoms with van der Waals surface area (Å²) < 4.78 is 10.1. The zero-order valence-electron chi connectivity index (χ0n) is 14.0. The topological polar surface area (TPSA) is 120 Å². The number of hydrogen-bond acceptors (Lipinski definition) is 6. The van der Waals surface area contributed by atoms with Gasteiger partial charge in [0.05, 0.1) is 6.42 Å². The minimum atomic E-state index is -1.11. The summed E-state index contributed by atoms with van der Waals surface area (Å²) in [7, 11) is 0. The first-order valence-corrected chi connectivity index (χ1v) is 7.41. The number of hydrogen-bond donors (Lipinski definition) is 3. The van der Waals surface area contributed by atoms with Crippen LogP contribution >= 0.6 is 0 Å². The molecule has 132 valence electrons. The van der Waals surface area contributed by atoms with Crippen molar-refractivity contribution in [3.8, 4) is 0 Å². The maximum Gasteiger partial charge on any atom is 0.422 e. The minimum Gasteiger partial charge on any atom is -0.460 e.